The number of imidazole rings is 1. The molecule has 2 heterocycles. The zero-order valence-corrected chi connectivity index (χ0v) is 24.3. The van der Waals surface area contributed by atoms with Gasteiger partial charge in [-0.15, -0.1) is 0 Å². The minimum atomic E-state index is -0.969. The number of hydrogen-bond donors (Lipinski definition) is 3. The topological polar surface area (TPSA) is 107 Å². The number of aromatic nitrogens is 2. The quantitative estimate of drug-likeness (QED) is 0.344. The van der Waals surface area contributed by atoms with E-state index in [2.05, 4.69) is 27.5 Å². The maximum atomic E-state index is 14.3. The molecule has 2 fully saturated rings. The minimum Gasteiger partial charge on any atom is -0.351 e. The Morgan fingerprint density at radius 3 is 2.66 bits per heavy atom. The highest BCUT2D eigenvalue weighted by molar-refractivity contribution is 5.92. The van der Waals surface area contributed by atoms with Gasteiger partial charge in [0.15, 0.2) is 0 Å². The lowest BCUT2D eigenvalue weighted by Gasteiger charge is -2.36. The number of likely N-dealkylation sites (tertiary alicyclic amines) is 1. The van der Waals surface area contributed by atoms with Crippen molar-refractivity contribution < 1.29 is 23.2 Å². The number of amides is 3. The third-order valence-corrected chi connectivity index (χ3v) is 8.41. The Labute approximate surface area is 241 Å². The first kappa shape index (κ1) is 30.7. The summed E-state index contributed by atoms with van der Waals surface area (Å²) in [5.74, 6) is -1.26. The third-order valence-electron chi connectivity index (χ3n) is 8.41. The standard InChI is InChI=1S/C31H43F2N5O3/c1-4-21-8-5-6-15-38(21)29(40)17-26(35-28(39)14-11-19(2)3)31(41)37-25-10-7-9-23(25)30-34-18-27(36-30)22-13-12-20(32)16-24(22)33/h12-13,16,18-19,21,23,25-26H,4-11,14-15,17H2,1-3H3,(H,34,36)(H,35,39)(H,37,41)/t21-,23+,25+,26?/m0/s1. The van der Waals surface area contributed by atoms with Crippen LogP contribution in [0.5, 0.6) is 0 Å². The zero-order valence-electron chi connectivity index (χ0n) is 24.3. The van der Waals surface area contributed by atoms with Gasteiger partial charge < -0.3 is 20.5 Å². The van der Waals surface area contributed by atoms with Gasteiger partial charge in [-0.1, -0.05) is 27.2 Å². The van der Waals surface area contributed by atoms with Crippen LogP contribution in [0.25, 0.3) is 11.3 Å². The molecule has 1 aromatic carbocycles. The number of hydrogen-bond acceptors (Lipinski definition) is 4. The molecular weight excluding hydrogens is 528 g/mol. The molecule has 2 aromatic rings. The van der Waals surface area contributed by atoms with Crippen LogP contribution in [-0.4, -0.2) is 57.3 Å². The third kappa shape index (κ3) is 7.92. The summed E-state index contributed by atoms with van der Waals surface area (Å²) in [5, 5.41) is 5.94. The molecule has 0 spiro atoms. The van der Waals surface area contributed by atoms with Crippen LogP contribution in [0.1, 0.15) is 96.7 Å². The molecule has 1 unspecified atom stereocenters. The number of carbonyl (C=O) groups excluding carboxylic acids is 3. The van der Waals surface area contributed by atoms with Crippen LogP contribution in [0.4, 0.5) is 8.78 Å². The highest BCUT2D eigenvalue weighted by Crippen LogP contribution is 2.34. The number of benzene rings is 1. The molecule has 1 aliphatic carbocycles. The molecule has 8 nitrogen and oxygen atoms in total. The molecule has 4 rings (SSSR count). The highest BCUT2D eigenvalue weighted by Gasteiger charge is 2.36. The molecule has 1 saturated carbocycles. The number of H-pyrrole nitrogens is 1. The van der Waals surface area contributed by atoms with Crippen molar-refractivity contribution in [3.05, 3.63) is 41.9 Å². The monoisotopic (exact) mass is 571 g/mol. The van der Waals surface area contributed by atoms with Crippen molar-refractivity contribution in [1.29, 1.82) is 0 Å². The van der Waals surface area contributed by atoms with Gasteiger partial charge in [-0.3, -0.25) is 14.4 Å². The Hall–Kier alpha value is -3.30. The van der Waals surface area contributed by atoms with E-state index in [1.165, 1.54) is 18.3 Å². The fourth-order valence-corrected chi connectivity index (χ4v) is 6.05. The van der Waals surface area contributed by atoms with Gasteiger partial charge in [-0.25, -0.2) is 13.8 Å². The summed E-state index contributed by atoms with van der Waals surface area (Å²) in [4.78, 5) is 49.2. The summed E-state index contributed by atoms with van der Waals surface area (Å²) >= 11 is 0. The molecule has 1 aromatic heterocycles. The highest BCUT2D eigenvalue weighted by atomic mass is 19.1. The lowest BCUT2D eigenvalue weighted by atomic mass is 9.98. The number of rotatable bonds is 11. The summed E-state index contributed by atoms with van der Waals surface area (Å²) in [6, 6.07) is 2.32. The summed E-state index contributed by atoms with van der Waals surface area (Å²) in [6.07, 6.45) is 8.59. The Morgan fingerprint density at radius 1 is 1.12 bits per heavy atom. The fraction of sp³-hybridized carbons (Fsp3) is 0.613. The van der Waals surface area contributed by atoms with E-state index in [1.54, 1.807) is 0 Å². The minimum absolute atomic E-state index is 0.0815. The Morgan fingerprint density at radius 2 is 1.93 bits per heavy atom. The Kier molecular flexibility index (Phi) is 10.5. The van der Waals surface area contributed by atoms with Crippen LogP contribution in [0, 0.1) is 17.6 Å². The van der Waals surface area contributed by atoms with Crippen molar-refractivity contribution in [2.24, 2.45) is 5.92 Å². The largest absolute Gasteiger partial charge is 0.351 e. The number of nitrogens with zero attached hydrogens (tertiary/aromatic N) is 2. The van der Waals surface area contributed by atoms with Crippen LogP contribution >= 0.6 is 0 Å². The molecule has 3 N–H and O–H groups in total. The zero-order chi connectivity index (χ0) is 29.5. The van der Waals surface area contributed by atoms with Crippen LogP contribution in [0.2, 0.25) is 0 Å². The van der Waals surface area contributed by atoms with Crippen molar-refractivity contribution >= 4 is 17.7 Å². The molecule has 2 aliphatic rings. The first-order chi connectivity index (χ1) is 19.7. The van der Waals surface area contributed by atoms with E-state index in [4.69, 9.17) is 0 Å². The second kappa shape index (κ2) is 14.0. The van der Waals surface area contributed by atoms with E-state index in [-0.39, 0.29) is 54.1 Å². The smallest absolute Gasteiger partial charge is 0.243 e. The first-order valence-electron chi connectivity index (χ1n) is 15.1. The molecule has 41 heavy (non-hydrogen) atoms. The maximum Gasteiger partial charge on any atom is 0.243 e. The second-order valence-electron chi connectivity index (χ2n) is 11.9. The van der Waals surface area contributed by atoms with Crippen molar-refractivity contribution in [2.45, 2.75) is 109 Å². The normalized spacial score (nSPS) is 21.6. The fourth-order valence-electron chi connectivity index (χ4n) is 6.05. The van der Waals surface area contributed by atoms with E-state index in [1.807, 2.05) is 18.7 Å². The maximum absolute atomic E-state index is 14.3. The summed E-state index contributed by atoms with van der Waals surface area (Å²) in [5.41, 5.74) is 0.650. The first-order valence-corrected chi connectivity index (χ1v) is 15.1. The van der Waals surface area contributed by atoms with Gasteiger partial charge in [0.1, 0.15) is 23.5 Å². The lowest BCUT2D eigenvalue weighted by molar-refractivity contribution is -0.139. The van der Waals surface area contributed by atoms with Gasteiger partial charge in [-0.2, -0.15) is 0 Å². The van der Waals surface area contributed by atoms with Crippen molar-refractivity contribution in [3.63, 3.8) is 0 Å². The summed E-state index contributed by atoms with van der Waals surface area (Å²) < 4.78 is 27.7. The van der Waals surface area contributed by atoms with Crippen molar-refractivity contribution in [1.82, 2.24) is 25.5 Å². The van der Waals surface area contributed by atoms with Gasteiger partial charge in [0, 0.05) is 42.6 Å². The number of halogens is 2. The van der Waals surface area contributed by atoms with Gasteiger partial charge in [-0.05, 0) is 63.0 Å². The van der Waals surface area contributed by atoms with Crippen LogP contribution in [-0.2, 0) is 14.4 Å². The van der Waals surface area contributed by atoms with Crippen LogP contribution < -0.4 is 10.6 Å². The second-order valence-corrected chi connectivity index (χ2v) is 11.9. The lowest BCUT2D eigenvalue weighted by Crippen LogP contribution is -2.53. The molecule has 1 saturated heterocycles. The van der Waals surface area contributed by atoms with Crippen LogP contribution in [0.3, 0.4) is 0 Å². The molecule has 10 heteroatoms. The van der Waals surface area contributed by atoms with Crippen molar-refractivity contribution in [3.8, 4) is 11.3 Å². The molecule has 1 aliphatic heterocycles. The van der Waals surface area contributed by atoms with E-state index >= 15 is 0 Å². The predicted molar refractivity (Wildman–Crippen MR) is 153 cm³/mol. The molecular formula is C31H43F2N5O3. The number of aromatic amines is 1. The van der Waals surface area contributed by atoms with Gasteiger partial charge in [0.2, 0.25) is 17.7 Å². The van der Waals surface area contributed by atoms with Crippen molar-refractivity contribution in [2.75, 3.05) is 6.54 Å². The van der Waals surface area contributed by atoms with E-state index in [0.29, 0.717) is 36.8 Å². The molecule has 224 valence electrons. The van der Waals surface area contributed by atoms with E-state index < -0.39 is 17.7 Å². The number of carbonyl (C=O) groups is 3. The average molecular weight is 572 g/mol. The predicted octanol–water partition coefficient (Wildman–Crippen LogP) is 5.21. The van der Waals surface area contributed by atoms with Gasteiger partial charge in [0.05, 0.1) is 18.3 Å². The Balaban J connectivity index is 1.47. The van der Waals surface area contributed by atoms with Gasteiger partial charge in [0.25, 0.3) is 0 Å². The molecule has 3 amide bonds. The molecule has 4 atom stereocenters. The van der Waals surface area contributed by atoms with Gasteiger partial charge >= 0.3 is 0 Å². The summed E-state index contributed by atoms with van der Waals surface area (Å²) in [7, 11) is 0. The number of piperidine rings is 1. The van der Waals surface area contributed by atoms with Crippen LogP contribution in [0.15, 0.2) is 24.4 Å². The number of nitrogens with one attached hydrogen (secondary N) is 3. The Bertz CT molecular complexity index is 1220. The average Bonchev–Trinajstić information content (AvgIpc) is 3.61. The van der Waals surface area contributed by atoms with E-state index in [0.717, 1.165) is 44.6 Å². The molecule has 0 radical (unpaired) electrons. The summed E-state index contributed by atoms with van der Waals surface area (Å²) in [6.45, 7) is 6.81. The van der Waals surface area contributed by atoms with E-state index in [9.17, 15) is 23.2 Å². The molecule has 0 bridgehead atoms. The SMILES string of the molecule is CC[C@H]1CCCCN1C(=O)CC(NC(=O)CCC(C)C)C(=O)N[C@@H]1CCC[C@H]1c1ncc(-c2ccc(F)cc2F)[nH]1.